The van der Waals surface area contributed by atoms with E-state index >= 15 is 0 Å². The predicted molar refractivity (Wildman–Crippen MR) is 79.3 cm³/mol. The van der Waals surface area contributed by atoms with Crippen LogP contribution in [0, 0.1) is 11.3 Å². The number of amides is 1. The molecule has 1 aromatic carbocycles. The normalized spacial score (nSPS) is 26.3. The largest absolute Gasteiger partial charge is 0.573 e. The first-order valence-corrected chi connectivity index (χ1v) is 7.72. The van der Waals surface area contributed by atoms with E-state index in [-0.39, 0.29) is 23.9 Å². The summed E-state index contributed by atoms with van der Waals surface area (Å²) in [6.45, 7) is 5.29. The molecule has 0 unspecified atom stereocenters. The lowest BCUT2D eigenvalue weighted by molar-refractivity contribution is -0.274. The molecule has 24 heavy (non-hydrogen) atoms. The van der Waals surface area contributed by atoms with Gasteiger partial charge >= 0.3 is 12.5 Å². The van der Waals surface area contributed by atoms with Crippen molar-refractivity contribution in [1.29, 1.82) is 0 Å². The zero-order valence-corrected chi connectivity index (χ0v) is 13.2. The number of halogens is 3. The van der Waals surface area contributed by atoms with Crippen molar-refractivity contribution in [3.05, 3.63) is 29.8 Å². The molecule has 0 radical (unpaired) electrons. The molecule has 1 amide bonds. The summed E-state index contributed by atoms with van der Waals surface area (Å²) in [6, 6.07) is 5.28. The van der Waals surface area contributed by atoms with Gasteiger partial charge in [-0.15, -0.1) is 13.2 Å². The molecule has 2 saturated heterocycles. The van der Waals surface area contributed by atoms with Gasteiger partial charge in [0.05, 0.1) is 0 Å². The molecule has 2 aliphatic rings. The van der Waals surface area contributed by atoms with E-state index in [1.165, 1.54) is 24.3 Å². The summed E-state index contributed by atoms with van der Waals surface area (Å²) in [5.41, 5.74) is 0.695. The van der Waals surface area contributed by atoms with E-state index in [1.807, 2.05) is 0 Å². The van der Waals surface area contributed by atoms with Crippen LogP contribution in [-0.4, -0.2) is 43.5 Å². The van der Waals surface area contributed by atoms with E-state index in [2.05, 4.69) is 17.0 Å². The summed E-state index contributed by atoms with van der Waals surface area (Å²) in [5.74, 6) is 0.134. The van der Waals surface area contributed by atoms with Gasteiger partial charge in [0.2, 0.25) is 0 Å². The first kappa shape index (κ1) is 16.9. The summed E-state index contributed by atoms with van der Waals surface area (Å²) in [7, 11) is 0. The molecular formula is C16H19F3N2O3. The Hall–Kier alpha value is -1.96. The fourth-order valence-electron chi connectivity index (χ4n) is 3.32. The van der Waals surface area contributed by atoms with Crippen molar-refractivity contribution in [2.75, 3.05) is 26.2 Å². The predicted octanol–water partition coefficient (Wildman–Crippen LogP) is 2.76. The third-order valence-corrected chi connectivity index (χ3v) is 4.68. The summed E-state index contributed by atoms with van der Waals surface area (Å²) < 4.78 is 45.3. The van der Waals surface area contributed by atoms with Gasteiger partial charge in [-0.25, -0.2) is 4.79 Å². The van der Waals surface area contributed by atoms with Crippen molar-refractivity contribution in [3.8, 4) is 5.75 Å². The Bertz CT molecular complexity index is 606. The highest BCUT2D eigenvalue weighted by molar-refractivity contribution is 5.68. The van der Waals surface area contributed by atoms with Gasteiger partial charge in [0.15, 0.2) is 0 Å². The lowest BCUT2D eigenvalue weighted by Gasteiger charge is -2.22. The van der Waals surface area contributed by atoms with Crippen molar-refractivity contribution < 1.29 is 27.4 Å². The van der Waals surface area contributed by atoms with E-state index in [0.29, 0.717) is 24.6 Å². The van der Waals surface area contributed by atoms with Crippen molar-refractivity contribution in [3.63, 3.8) is 0 Å². The molecule has 2 heterocycles. The van der Waals surface area contributed by atoms with Crippen LogP contribution in [-0.2, 0) is 11.3 Å². The molecule has 0 saturated carbocycles. The number of nitrogens with one attached hydrogen (secondary N) is 1. The van der Waals surface area contributed by atoms with Gasteiger partial charge < -0.3 is 19.7 Å². The average Bonchev–Trinajstić information content (AvgIpc) is 2.99. The highest BCUT2D eigenvalue weighted by Crippen LogP contribution is 2.38. The van der Waals surface area contributed by atoms with Crippen molar-refractivity contribution in [1.82, 2.24) is 10.2 Å². The number of rotatable bonds is 3. The summed E-state index contributed by atoms with van der Waals surface area (Å²) in [5, 5.41) is 3.33. The van der Waals surface area contributed by atoms with E-state index in [0.717, 1.165) is 13.1 Å². The Kier molecular flexibility index (Phi) is 4.33. The molecule has 0 aliphatic carbocycles. The third-order valence-electron chi connectivity index (χ3n) is 4.68. The molecule has 1 N–H and O–H groups in total. The number of alkyl halides is 3. The molecule has 1 aromatic rings. The summed E-state index contributed by atoms with van der Waals surface area (Å²) in [4.78, 5) is 13.9. The van der Waals surface area contributed by atoms with Crippen LogP contribution in [0.1, 0.15) is 12.5 Å². The summed E-state index contributed by atoms with van der Waals surface area (Å²) in [6.07, 6.45) is -5.10. The molecular weight excluding hydrogens is 325 g/mol. The van der Waals surface area contributed by atoms with Gasteiger partial charge in [0.1, 0.15) is 12.4 Å². The number of carbonyl (C=O) groups is 1. The van der Waals surface area contributed by atoms with Crippen LogP contribution in [0.2, 0.25) is 0 Å². The second kappa shape index (κ2) is 6.16. The van der Waals surface area contributed by atoms with Crippen molar-refractivity contribution in [2.24, 2.45) is 11.3 Å². The van der Waals surface area contributed by atoms with Gasteiger partial charge in [-0.05, 0) is 23.6 Å². The van der Waals surface area contributed by atoms with E-state index in [4.69, 9.17) is 4.74 Å². The van der Waals surface area contributed by atoms with E-state index < -0.39 is 6.36 Å². The first-order chi connectivity index (χ1) is 11.3. The molecule has 2 fully saturated rings. The molecule has 0 spiro atoms. The van der Waals surface area contributed by atoms with Crippen LogP contribution >= 0.6 is 0 Å². The number of likely N-dealkylation sites (tertiary alicyclic amines) is 1. The Balaban J connectivity index is 1.50. The number of carbonyl (C=O) groups excluding carboxylic acids is 1. The minimum Gasteiger partial charge on any atom is -0.445 e. The number of ether oxygens (including phenoxy) is 2. The fraction of sp³-hybridized carbons (Fsp3) is 0.562. The number of fused-ring (bicyclic) bond motifs is 1. The zero-order chi connectivity index (χ0) is 17.4. The average molecular weight is 344 g/mol. The molecule has 2 atom stereocenters. The first-order valence-electron chi connectivity index (χ1n) is 7.72. The highest BCUT2D eigenvalue weighted by atomic mass is 19.4. The lowest BCUT2D eigenvalue weighted by atomic mass is 9.83. The minimum atomic E-state index is -4.72. The molecule has 5 nitrogen and oxygen atoms in total. The maximum Gasteiger partial charge on any atom is 0.573 e. The minimum absolute atomic E-state index is 0.0151. The van der Waals surface area contributed by atoms with E-state index in [9.17, 15) is 18.0 Å². The number of hydrogen-bond donors (Lipinski definition) is 1. The molecule has 132 valence electrons. The standard InChI is InChI=1S/C16H19F3N2O3/c1-15-9-20-6-12(15)7-21(10-15)14(22)23-8-11-2-4-13(5-3-11)24-16(17,18)19/h2-5,12,20H,6-10H2,1H3/t12-,15-/m1/s1. The number of nitrogens with zero attached hydrogens (tertiary/aromatic N) is 1. The Morgan fingerprint density at radius 1 is 1.38 bits per heavy atom. The number of hydrogen-bond acceptors (Lipinski definition) is 4. The fourth-order valence-corrected chi connectivity index (χ4v) is 3.32. The zero-order valence-electron chi connectivity index (χ0n) is 13.2. The molecule has 3 rings (SSSR count). The van der Waals surface area contributed by atoms with Gasteiger partial charge in [-0.2, -0.15) is 0 Å². The Morgan fingerprint density at radius 2 is 2.08 bits per heavy atom. The monoisotopic (exact) mass is 344 g/mol. The smallest absolute Gasteiger partial charge is 0.445 e. The molecule has 0 aromatic heterocycles. The second-order valence-corrected chi connectivity index (χ2v) is 6.61. The second-order valence-electron chi connectivity index (χ2n) is 6.61. The van der Waals surface area contributed by atoms with Crippen molar-refractivity contribution >= 4 is 6.09 Å². The third kappa shape index (κ3) is 3.75. The SMILES string of the molecule is C[C@]12CNC[C@@H]1CN(C(=O)OCc1ccc(OC(F)(F)F)cc1)C2. The van der Waals surface area contributed by atoms with Crippen LogP contribution in [0.15, 0.2) is 24.3 Å². The van der Waals surface area contributed by atoms with Crippen LogP contribution in [0.25, 0.3) is 0 Å². The summed E-state index contributed by atoms with van der Waals surface area (Å²) >= 11 is 0. The Morgan fingerprint density at radius 3 is 2.71 bits per heavy atom. The highest BCUT2D eigenvalue weighted by Gasteiger charge is 2.47. The molecule has 8 heteroatoms. The quantitative estimate of drug-likeness (QED) is 0.916. The lowest BCUT2D eigenvalue weighted by Crippen LogP contribution is -2.34. The van der Waals surface area contributed by atoms with Gasteiger partial charge in [0, 0.05) is 31.6 Å². The van der Waals surface area contributed by atoms with Crippen LogP contribution in [0.4, 0.5) is 18.0 Å². The van der Waals surface area contributed by atoms with Gasteiger partial charge in [-0.3, -0.25) is 0 Å². The topological polar surface area (TPSA) is 50.8 Å². The van der Waals surface area contributed by atoms with Crippen LogP contribution in [0.3, 0.4) is 0 Å². The molecule has 0 bridgehead atoms. The maximum atomic E-state index is 12.2. The van der Waals surface area contributed by atoms with Crippen molar-refractivity contribution in [2.45, 2.75) is 19.9 Å². The number of benzene rings is 1. The maximum absolute atomic E-state index is 12.2. The van der Waals surface area contributed by atoms with E-state index in [1.54, 1.807) is 4.90 Å². The molecule has 2 aliphatic heterocycles. The van der Waals surface area contributed by atoms with Gasteiger partial charge in [0.25, 0.3) is 0 Å². The Labute approximate surface area is 137 Å². The van der Waals surface area contributed by atoms with Gasteiger partial charge in [-0.1, -0.05) is 19.1 Å². The van der Waals surface area contributed by atoms with Crippen LogP contribution < -0.4 is 10.1 Å². The van der Waals surface area contributed by atoms with Crippen LogP contribution in [0.5, 0.6) is 5.75 Å².